The Morgan fingerprint density at radius 1 is 1.15 bits per heavy atom. The number of pyridine rings is 1. The molecule has 6 heteroatoms. The van der Waals surface area contributed by atoms with Gasteiger partial charge >= 0.3 is 0 Å². The van der Waals surface area contributed by atoms with E-state index in [2.05, 4.69) is 16.9 Å². The molecule has 0 atom stereocenters. The summed E-state index contributed by atoms with van der Waals surface area (Å²) in [6.07, 6.45) is 1.72. The number of benzene rings is 2. The normalized spacial score (nSPS) is 11.5. The minimum atomic E-state index is -1.04. The molecular weight excluding hydrogens is 336 g/mol. The van der Waals surface area contributed by atoms with E-state index in [0.29, 0.717) is 17.5 Å². The number of aromatic nitrogens is 3. The molecule has 0 radical (unpaired) electrons. The van der Waals surface area contributed by atoms with Crippen LogP contribution in [0.1, 0.15) is 24.7 Å². The van der Waals surface area contributed by atoms with Crippen LogP contribution >= 0.6 is 0 Å². The third-order valence-electron chi connectivity index (χ3n) is 4.53. The fraction of sp³-hybridized carbons (Fsp3) is 0.200. The molecule has 26 heavy (non-hydrogen) atoms. The lowest BCUT2D eigenvalue weighted by Crippen LogP contribution is -2.12. The van der Waals surface area contributed by atoms with Gasteiger partial charge in [-0.1, -0.05) is 19.1 Å². The summed E-state index contributed by atoms with van der Waals surface area (Å²) in [4.78, 5) is 19.1. The van der Waals surface area contributed by atoms with Crippen molar-refractivity contribution in [3.8, 4) is 0 Å². The molecule has 1 N–H and O–H groups in total. The highest BCUT2D eigenvalue weighted by Gasteiger charge is 2.15. The van der Waals surface area contributed by atoms with Crippen LogP contribution in [0.15, 0.2) is 47.3 Å². The van der Waals surface area contributed by atoms with Crippen LogP contribution in [0.3, 0.4) is 0 Å². The van der Waals surface area contributed by atoms with Gasteiger partial charge in [-0.15, -0.1) is 0 Å². The van der Waals surface area contributed by atoms with E-state index in [1.54, 1.807) is 0 Å². The van der Waals surface area contributed by atoms with Crippen molar-refractivity contribution in [2.45, 2.75) is 26.3 Å². The second-order valence-electron chi connectivity index (χ2n) is 6.30. The number of aromatic amines is 1. The van der Waals surface area contributed by atoms with Crippen LogP contribution in [-0.4, -0.2) is 14.5 Å². The molecule has 132 valence electrons. The zero-order valence-corrected chi connectivity index (χ0v) is 14.2. The van der Waals surface area contributed by atoms with E-state index >= 15 is 0 Å². The van der Waals surface area contributed by atoms with E-state index in [1.807, 2.05) is 28.8 Å². The summed E-state index contributed by atoms with van der Waals surface area (Å²) in [7, 11) is 0. The standard InChI is InChI=1S/C20H17F2N3O/c1-2-5-17-23-15-6-3-4-7-16(15)25(17)11-12-10-18(26)24-20-13(12)8-9-14(21)19(20)22/h3-4,6-10H,2,5,11H2,1H3,(H,24,26). The van der Waals surface area contributed by atoms with E-state index in [9.17, 15) is 13.6 Å². The van der Waals surface area contributed by atoms with Gasteiger partial charge < -0.3 is 9.55 Å². The Hall–Kier alpha value is -3.02. The van der Waals surface area contributed by atoms with Gasteiger partial charge in [0.15, 0.2) is 11.6 Å². The van der Waals surface area contributed by atoms with Crippen LogP contribution in [0, 0.1) is 11.6 Å². The Morgan fingerprint density at radius 2 is 1.96 bits per heavy atom. The van der Waals surface area contributed by atoms with Gasteiger partial charge in [0.1, 0.15) is 5.82 Å². The maximum absolute atomic E-state index is 14.1. The lowest BCUT2D eigenvalue weighted by Gasteiger charge is -2.12. The molecule has 4 nitrogen and oxygen atoms in total. The second-order valence-corrected chi connectivity index (χ2v) is 6.30. The van der Waals surface area contributed by atoms with Crippen molar-refractivity contribution in [1.82, 2.24) is 14.5 Å². The molecule has 2 aromatic heterocycles. The van der Waals surface area contributed by atoms with Crippen LogP contribution in [0.5, 0.6) is 0 Å². The monoisotopic (exact) mass is 353 g/mol. The second kappa shape index (κ2) is 6.37. The molecule has 0 saturated carbocycles. The summed E-state index contributed by atoms with van der Waals surface area (Å²) in [6, 6.07) is 11.8. The lowest BCUT2D eigenvalue weighted by molar-refractivity contribution is 0.515. The highest BCUT2D eigenvalue weighted by atomic mass is 19.2. The number of aryl methyl sites for hydroxylation is 1. The lowest BCUT2D eigenvalue weighted by atomic mass is 10.1. The number of halogens is 2. The van der Waals surface area contributed by atoms with Gasteiger partial charge in [-0.3, -0.25) is 4.79 Å². The van der Waals surface area contributed by atoms with Gasteiger partial charge in [0.25, 0.3) is 0 Å². The van der Waals surface area contributed by atoms with Gasteiger partial charge in [0.2, 0.25) is 5.56 Å². The Kier molecular flexibility index (Phi) is 4.03. The highest BCUT2D eigenvalue weighted by molar-refractivity contribution is 5.83. The van der Waals surface area contributed by atoms with Gasteiger partial charge in [-0.25, -0.2) is 13.8 Å². The molecule has 0 aliphatic rings. The van der Waals surface area contributed by atoms with E-state index in [0.717, 1.165) is 35.8 Å². The first-order chi connectivity index (χ1) is 12.6. The maximum Gasteiger partial charge on any atom is 0.248 e. The summed E-state index contributed by atoms with van der Waals surface area (Å²) in [5.74, 6) is -1.11. The van der Waals surface area contributed by atoms with Gasteiger partial charge in [-0.2, -0.15) is 0 Å². The van der Waals surface area contributed by atoms with Crippen LogP contribution in [0.25, 0.3) is 21.9 Å². The number of rotatable bonds is 4. The summed E-state index contributed by atoms with van der Waals surface area (Å²) in [5, 5.41) is 0.490. The third kappa shape index (κ3) is 2.67. The maximum atomic E-state index is 14.1. The Labute approximate surface area is 148 Å². The van der Waals surface area contributed by atoms with E-state index in [4.69, 9.17) is 0 Å². The van der Waals surface area contributed by atoms with Crippen molar-refractivity contribution < 1.29 is 8.78 Å². The zero-order chi connectivity index (χ0) is 18.3. The number of imidazole rings is 1. The quantitative estimate of drug-likeness (QED) is 0.599. The molecule has 2 aromatic carbocycles. The molecule has 0 spiro atoms. The third-order valence-corrected chi connectivity index (χ3v) is 4.53. The SMILES string of the molecule is CCCc1nc2ccccc2n1Cc1cc(=O)[nH]c2c(F)c(F)ccc12. The molecule has 0 amide bonds. The molecular formula is C20H17F2N3O. The molecule has 0 unspecified atom stereocenters. The molecule has 0 fully saturated rings. The predicted octanol–water partition coefficient (Wildman–Crippen LogP) is 4.16. The van der Waals surface area contributed by atoms with E-state index < -0.39 is 17.2 Å². The molecule has 0 saturated heterocycles. The molecule has 0 bridgehead atoms. The minimum absolute atomic E-state index is 0.103. The summed E-state index contributed by atoms with van der Waals surface area (Å²) in [6.45, 7) is 2.44. The fourth-order valence-electron chi connectivity index (χ4n) is 3.35. The molecule has 2 heterocycles. The topological polar surface area (TPSA) is 50.7 Å². The average molecular weight is 353 g/mol. The van der Waals surface area contributed by atoms with E-state index in [1.165, 1.54) is 12.1 Å². The molecule has 0 aliphatic carbocycles. The number of para-hydroxylation sites is 2. The number of nitrogens with zero attached hydrogens (tertiary/aromatic N) is 2. The van der Waals surface area contributed by atoms with Crippen LogP contribution < -0.4 is 5.56 Å². The van der Waals surface area contributed by atoms with Crippen molar-refractivity contribution in [3.05, 3.63) is 75.8 Å². The largest absolute Gasteiger partial charge is 0.323 e. The Morgan fingerprint density at radius 3 is 2.77 bits per heavy atom. The smallest absolute Gasteiger partial charge is 0.248 e. The Bertz CT molecular complexity index is 1180. The van der Waals surface area contributed by atoms with Crippen molar-refractivity contribution >= 4 is 21.9 Å². The first kappa shape index (κ1) is 16.4. The van der Waals surface area contributed by atoms with Crippen LogP contribution in [-0.2, 0) is 13.0 Å². The fourth-order valence-corrected chi connectivity index (χ4v) is 3.35. The first-order valence-corrected chi connectivity index (χ1v) is 8.52. The molecule has 4 rings (SSSR count). The number of hydrogen-bond donors (Lipinski definition) is 1. The first-order valence-electron chi connectivity index (χ1n) is 8.52. The number of hydrogen-bond acceptors (Lipinski definition) is 2. The van der Waals surface area contributed by atoms with Gasteiger partial charge in [0, 0.05) is 17.9 Å². The van der Waals surface area contributed by atoms with Crippen molar-refractivity contribution in [2.24, 2.45) is 0 Å². The van der Waals surface area contributed by atoms with Crippen molar-refractivity contribution in [3.63, 3.8) is 0 Å². The minimum Gasteiger partial charge on any atom is -0.323 e. The van der Waals surface area contributed by atoms with Crippen molar-refractivity contribution in [2.75, 3.05) is 0 Å². The molecule has 4 aromatic rings. The summed E-state index contributed by atoms with van der Waals surface area (Å²) in [5.41, 5.74) is 1.89. The highest BCUT2D eigenvalue weighted by Crippen LogP contribution is 2.24. The van der Waals surface area contributed by atoms with Crippen LogP contribution in [0.2, 0.25) is 0 Å². The Balaban J connectivity index is 1.93. The average Bonchev–Trinajstić information content (AvgIpc) is 2.96. The summed E-state index contributed by atoms with van der Waals surface area (Å²) >= 11 is 0. The van der Waals surface area contributed by atoms with Crippen LogP contribution in [0.4, 0.5) is 8.78 Å². The number of fused-ring (bicyclic) bond motifs is 2. The number of nitrogens with one attached hydrogen (secondary N) is 1. The number of H-pyrrole nitrogens is 1. The van der Waals surface area contributed by atoms with Gasteiger partial charge in [-0.05, 0) is 36.2 Å². The van der Waals surface area contributed by atoms with E-state index in [-0.39, 0.29) is 5.52 Å². The van der Waals surface area contributed by atoms with Gasteiger partial charge in [0.05, 0.1) is 23.1 Å². The van der Waals surface area contributed by atoms with Crippen molar-refractivity contribution in [1.29, 1.82) is 0 Å². The zero-order valence-electron chi connectivity index (χ0n) is 14.2. The summed E-state index contributed by atoms with van der Waals surface area (Å²) < 4.78 is 29.7. The molecule has 0 aliphatic heterocycles. The predicted molar refractivity (Wildman–Crippen MR) is 97.3 cm³/mol.